The Morgan fingerprint density at radius 2 is 2.00 bits per heavy atom. The minimum Gasteiger partial charge on any atom is -0.379 e. The smallest absolute Gasteiger partial charge is 0.0546 e. The molecule has 0 N–H and O–H groups in total. The zero-order valence-electron chi connectivity index (χ0n) is 6.81. The van der Waals surface area contributed by atoms with Gasteiger partial charge in [0.1, 0.15) is 0 Å². The second-order valence-corrected chi connectivity index (χ2v) is 2.41. The molecular weight excluding hydrogens is 112 g/mol. The standard InChI is InChI=1S/C8H18O/c1-4-6-7-8(3)9-5-2/h8H,4-7H2,1-3H3. The largest absolute Gasteiger partial charge is 0.379 e. The van der Waals surface area contributed by atoms with Crippen LogP contribution >= 0.6 is 0 Å². The lowest BCUT2D eigenvalue weighted by atomic mass is 10.2. The van der Waals surface area contributed by atoms with Crippen molar-refractivity contribution in [1.29, 1.82) is 0 Å². The minimum absolute atomic E-state index is 0.468. The molecule has 0 aliphatic heterocycles. The SMILES string of the molecule is CCCCC(C)OCC. The predicted octanol–water partition coefficient (Wildman–Crippen LogP) is 2.60. The summed E-state index contributed by atoms with van der Waals surface area (Å²) >= 11 is 0. The van der Waals surface area contributed by atoms with Gasteiger partial charge >= 0.3 is 0 Å². The van der Waals surface area contributed by atoms with Crippen LogP contribution in [0, 0.1) is 0 Å². The molecule has 0 saturated carbocycles. The van der Waals surface area contributed by atoms with Gasteiger partial charge in [0.15, 0.2) is 0 Å². The maximum absolute atomic E-state index is 5.34. The van der Waals surface area contributed by atoms with Crippen molar-refractivity contribution in [2.24, 2.45) is 0 Å². The Morgan fingerprint density at radius 3 is 2.44 bits per heavy atom. The first-order chi connectivity index (χ1) is 4.31. The molecule has 0 fully saturated rings. The van der Waals surface area contributed by atoms with Crippen LogP contribution in [0.3, 0.4) is 0 Å². The van der Waals surface area contributed by atoms with E-state index in [-0.39, 0.29) is 0 Å². The molecule has 1 nitrogen and oxygen atoms in total. The summed E-state index contributed by atoms with van der Waals surface area (Å²) in [5, 5.41) is 0. The van der Waals surface area contributed by atoms with Crippen LogP contribution in [-0.2, 0) is 4.74 Å². The first-order valence-electron chi connectivity index (χ1n) is 3.92. The molecule has 0 heterocycles. The monoisotopic (exact) mass is 130 g/mol. The van der Waals surface area contributed by atoms with E-state index in [4.69, 9.17) is 4.74 Å². The Labute approximate surface area is 58.4 Å². The van der Waals surface area contributed by atoms with E-state index in [9.17, 15) is 0 Å². The van der Waals surface area contributed by atoms with Crippen molar-refractivity contribution in [1.82, 2.24) is 0 Å². The van der Waals surface area contributed by atoms with Crippen LogP contribution in [0.5, 0.6) is 0 Å². The van der Waals surface area contributed by atoms with Crippen molar-refractivity contribution in [3.05, 3.63) is 0 Å². The zero-order chi connectivity index (χ0) is 7.11. The number of hydrogen-bond acceptors (Lipinski definition) is 1. The number of hydrogen-bond donors (Lipinski definition) is 0. The molecule has 0 saturated heterocycles. The van der Waals surface area contributed by atoms with Crippen molar-refractivity contribution in [2.75, 3.05) is 6.61 Å². The summed E-state index contributed by atoms with van der Waals surface area (Å²) in [4.78, 5) is 0. The molecule has 0 aromatic heterocycles. The molecule has 0 rings (SSSR count). The third-order valence-electron chi connectivity index (χ3n) is 1.42. The van der Waals surface area contributed by atoms with Crippen LogP contribution in [-0.4, -0.2) is 12.7 Å². The van der Waals surface area contributed by atoms with E-state index in [2.05, 4.69) is 13.8 Å². The Hall–Kier alpha value is -0.0400. The minimum atomic E-state index is 0.468. The lowest BCUT2D eigenvalue weighted by Gasteiger charge is -2.09. The summed E-state index contributed by atoms with van der Waals surface area (Å²) in [5.41, 5.74) is 0. The molecule has 1 atom stereocenters. The van der Waals surface area contributed by atoms with Crippen molar-refractivity contribution in [3.63, 3.8) is 0 Å². The van der Waals surface area contributed by atoms with Crippen molar-refractivity contribution in [3.8, 4) is 0 Å². The molecule has 0 spiro atoms. The van der Waals surface area contributed by atoms with Crippen LogP contribution in [0.1, 0.15) is 40.0 Å². The topological polar surface area (TPSA) is 9.23 Å². The molecule has 0 aromatic rings. The van der Waals surface area contributed by atoms with E-state index < -0.39 is 0 Å². The van der Waals surface area contributed by atoms with E-state index in [1.54, 1.807) is 0 Å². The second kappa shape index (κ2) is 6.09. The molecule has 0 aliphatic carbocycles. The van der Waals surface area contributed by atoms with Crippen molar-refractivity contribution >= 4 is 0 Å². The van der Waals surface area contributed by atoms with Gasteiger partial charge in [-0.05, 0) is 20.3 Å². The summed E-state index contributed by atoms with van der Waals surface area (Å²) in [6.07, 6.45) is 4.25. The highest BCUT2D eigenvalue weighted by atomic mass is 16.5. The highest BCUT2D eigenvalue weighted by Gasteiger charge is 1.97. The van der Waals surface area contributed by atoms with Gasteiger partial charge in [0.25, 0.3) is 0 Å². The fourth-order valence-corrected chi connectivity index (χ4v) is 0.859. The maximum Gasteiger partial charge on any atom is 0.0546 e. The van der Waals surface area contributed by atoms with Gasteiger partial charge in [-0.15, -0.1) is 0 Å². The van der Waals surface area contributed by atoms with Crippen molar-refractivity contribution in [2.45, 2.75) is 46.1 Å². The number of ether oxygens (including phenoxy) is 1. The average molecular weight is 130 g/mol. The molecule has 0 amide bonds. The third-order valence-corrected chi connectivity index (χ3v) is 1.42. The molecule has 0 aliphatic rings. The van der Waals surface area contributed by atoms with Gasteiger partial charge in [-0.2, -0.15) is 0 Å². The lowest BCUT2D eigenvalue weighted by Crippen LogP contribution is -2.06. The zero-order valence-corrected chi connectivity index (χ0v) is 6.81. The van der Waals surface area contributed by atoms with Crippen LogP contribution in [0.2, 0.25) is 0 Å². The van der Waals surface area contributed by atoms with Gasteiger partial charge in [-0.1, -0.05) is 19.8 Å². The third kappa shape index (κ3) is 5.84. The van der Waals surface area contributed by atoms with Gasteiger partial charge in [0, 0.05) is 6.61 Å². The fourth-order valence-electron chi connectivity index (χ4n) is 0.859. The van der Waals surface area contributed by atoms with Gasteiger partial charge in [0.2, 0.25) is 0 Å². The van der Waals surface area contributed by atoms with Crippen molar-refractivity contribution < 1.29 is 4.74 Å². The van der Waals surface area contributed by atoms with Gasteiger partial charge in [-0.25, -0.2) is 0 Å². The average Bonchev–Trinajstić information content (AvgIpc) is 1.85. The summed E-state index contributed by atoms with van der Waals surface area (Å²) in [5.74, 6) is 0. The van der Waals surface area contributed by atoms with Gasteiger partial charge < -0.3 is 4.74 Å². The van der Waals surface area contributed by atoms with E-state index in [1.165, 1.54) is 19.3 Å². The Bertz CT molecular complexity index is 52.5. The molecular formula is C8H18O. The lowest BCUT2D eigenvalue weighted by molar-refractivity contribution is 0.0687. The molecule has 0 radical (unpaired) electrons. The Balaban J connectivity index is 2.95. The van der Waals surface area contributed by atoms with E-state index in [1.807, 2.05) is 6.92 Å². The molecule has 1 heteroatoms. The van der Waals surface area contributed by atoms with Crippen LogP contribution in [0.25, 0.3) is 0 Å². The summed E-state index contributed by atoms with van der Waals surface area (Å²) in [7, 11) is 0. The van der Waals surface area contributed by atoms with Crippen LogP contribution in [0.15, 0.2) is 0 Å². The second-order valence-electron chi connectivity index (χ2n) is 2.41. The first kappa shape index (κ1) is 8.96. The Morgan fingerprint density at radius 1 is 1.33 bits per heavy atom. The van der Waals surface area contributed by atoms with E-state index in [0.717, 1.165) is 6.61 Å². The molecule has 0 aromatic carbocycles. The number of rotatable bonds is 5. The highest BCUT2D eigenvalue weighted by molar-refractivity contribution is 4.48. The molecule has 1 unspecified atom stereocenters. The molecule has 9 heavy (non-hydrogen) atoms. The van der Waals surface area contributed by atoms with Gasteiger partial charge in [0.05, 0.1) is 6.10 Å². The Kier molecular flexibility index (Phi) is 6.06. The summed E-state index contributed by atoms with van der Waals surface area (Å²) in [6, 6.07) is 0. The highest BCUT2D eigenvalue weighted by Crippen LogP contribution is 2.02. The number of unbranched alkanes of at least 4 members (excludes halogenated alkanes) is 1. The van der Waals surface area contributed by atoms with Crippen LogP contribution in [0.4, 0.5) is 0 Å². The normalized spacial score (nSPS) is 13.7. The molecule has 56 valence electrons. The fraction of sp³-hybridized carbons (Fsp3) is 1.00. The van der Waals surface area contributed by atoms with Crippen LogP contribution < -0.4 is 0 Å². The molecule has 0 bridgehead atoms. The summed E-state index contributed by atoms with van der Waals surface area (Å²) < 4.78 is 5.34. The predicted molar refractivity (Wildman–Crippen MR) is 40.6 cm³/mol. The van der Waals surface area contributed by atoms with E-state index >= 15 is 0 Å². The van der Waals surface area contributed by atoms with Gasteiger partial charge in [-0.3, -0.25) is 0 Å². The first-order valence-corrected chi connectivity index (χ1v) is 3.92. The quantitative estimate of drug-likeness (QED) is 0.556. The van der Waals surface area contributed by atoms with E-state index in [0.29, 0.717) is 6.10 Å². The summed E-state index contributed by atoms with van der Waals surface area (Å²) in [6.45, 7) is 7.24. The maximum atomic E-state index is 5.34.